The third-order valence-electron chi connectivity index (χ3n) is 5.34. The van der Waals surface area contributed by atoms with E-state index in [0.717, 1.165) is 12.0 Å². The van der Waals surface area contributed by atoms with Crippen LogP contribution in [0.15, 0.2) is 102 Å². The number of halogens is 1. The highest BCUT2D eigenvalue weighted by Gasteiger charge is 2.60. The maximum absolute atomic E-state index is 12.9. The fourth-order valence-electron chi connectivity index (χ4n) is 3.81. The van der Waals surface area contributed by atoms with E-state index in [1.807, 2.05) is 78.9 Å². The summed E-state index contributed by atoms with van der Waals surface area (Å²) < 4.78 is 0.570. The molecule has 1 N–H and O–H groups in total. The zero-order valence-corrected chi connectivity index (χ0v) is 17.4. The van der Waals surface area contributed by atoms with Gasteiger partial charge in [0.25, 0.3) is 0 Å². The molecule has 0 radical (unpaired) electrons. The first-order valence-electron chi connectivity index (χ1n) is 9.57. The minimum Gasteiger partial charge on any atom is -0.273 e. The number of rotatable bonds is 6. The van der Waals surface area contributed by atoms with Crippen molar-refractivity contribution in [2.45, 2.75) is 11.8 Å². The average Bonchev–Trinajstić information content (AvgIpc) is 3.55. The molecular formula is C25H21BrN2O. The normalized spacial score (nSPS) is 17.8. The third kappa shape index (κ3) is 4.22. The molecule has 1 fully saturated rings. The summed E-state index contributed by atoms with van der Waals surface area (Å²) in [5.74, 6) is -0.211. The van der Waals surface area contributed by atoms with Crippen LogP contribution in [0.3, 0.4) is 0 Å². The molecule has 1 aliphatic carbocycles. The van der Waals surface area contributed by atoms with Gasteiger partial charge in [-0.25, -0.2) is 5.43 Å². The number of benzene rings is 3. The van der Waals surface area contributed by atoms with Crippen LogP contribution in [0.4, 0.5) is 0 Å². The van der Waals surface area contributed by atoms with Crippen LogP contribution in [-0.4, -0.2) is 10.5 Å². The second kappa shape index (κ2) is 8.58. The van der Waals surface area contributed by atoms with Crippen molar-refractivity contribution in [1.29, 1.82) is 0 Å². The standard InChI is InChI=1S/C25H21BrN2O/c26-23(17-16-19-10-4-1-5-11-19)27-28-24(29)22-18-25(22,20-12-6-2-7-13-20)21-14-8-3-9-15-21/h1-17,22H,18H2,(H,28,29)/b17-16+,27-23?/t22-/m1/s1. The van der Waals surface area contributed by atoms with Gasteiger partial charge in [0.05, 0.1) is 5.92 Å². The Bertz CT molecular complexity index is 991. The molecule has 4 heteroatoms. The summed E-state index contributed by atoms with van der Waals surface area (Å²) in [6.07, 6.45) is 4.54. The van der Waals surface area contributed by atoms with E-state index in [0.29, 0.717) is 4.62 Å². The van der Waals surface area contributed by atoms with Crippen LogP contribution in [0.25, 0.3) is 6.08 Å². The zero-order valence-electron chi connectivity index (χ0n) is 15.8. The summed E-state index contributed by atoms with van der Waals surface area (Å²) in [4.78, 5) is 12.9. The van der Waals surface area contributed by atoms with Crippen LogP contribution in [0.2, 0.25) is 0 Å². The molecule has 0 unspecified atom stereocenters. The predicted octanol–water partition coefficient (Wildman–Crippen LogP) is 5.53. The monoisotopic (exact) mass is 444 g/mol. The van der Waals surface area contributed by atoms with Crippen LogP contribution in [-0.2, 0) is 10.2 Å². The lowest BCUT2D eigenvalue weighted by atomic mass is 9.85. The Morgan fingerprint density at radius 1 is 0.897 bits per heavy atom. The lowest BCUT2D eigenvalue weighted by Crippen LogP contribution is -2.25. The number of carbonyl (C=O) groups is 1. The molecule has 3 aromatic carbocycles. The molecule has 144 valence electrons. The molecule has 0 spiro atoms. The quantitative estimate of drug-likeness (QED) is 0.394. The Labute approximate surface area is 179 Å². The largest absolute Gasteiger partial charge is 0.273 e. The van der Waals surface area contributed by atoms with E-state index in [-0.39, 0.29) is 17.2 Å². The minimum absolute atomic E-state index is 0.0669. The minimum atomic E-state index is -0.283. The smallest absolute Gasteiger partial charge is 0.244 e. The number of nitrogens with one attached hydrogen (secondary N) is 1. The van der Waals surface area contributed by atoms with Gasteiger partial charge in [0, 0.05) is 5.41 Å². The molecule has 0 bridgehead atoms. The maximum atomic E-state index is 12.9. The van der Waals surface area contributed by atoms with Gasteiger partial charge in [0.15, 0.2) is 0 Å². The van der Waals surface area contributed by atoms with Crippen LogP contribution in [0.5, 0.6) is 0 Å². The van der Waals surface area contributed by atoms with Gasteiger partial charge in [-0.1, -0.05) is 97.1 Å². The third-order valence-corrected chi connectivity index (χ3v) is 5.78. The van der Waals surface area contributed by atoms with Crippen LogP contribution >= 0.6 is 15.9 Å². The topological polar surface area (TPSA) is 41.5 Å². The highest BCUT2D eigenvalue weighted by atomic mass is 79.9. The van der Waals surface area contributed by atoms with E-state index < -0.39 is 0 Å². The van der Waals surface area contributed by atoms with Crippen LogP contribution in [0.1, 0.15) is 23.1 Å². The molecule has 1 aliphatic rings. The fraction of sp³-hybridized carbons (Fsp3) is 0.120. The van der Waals surface area contributed by atoms with Crippen molar-refractivity contribution in [1.82, 2.24) is 5.43 Å². The Morgan fingerprint density at radius 3 is 1.97 bits per heavy atom. The van der Waals surface area contributed by atoms with E-state index in [1.54, 1.807) is 0 Å². The molecule has 0 saturated heterocycles. The number of amides is 1. The molecule has 0 aliphatic heterocycles. The van der Waals surface area contributed by atoms with Crippen molar-refractivity contribution in [2.75, 3.05) is 0 Å². The molecule has 1 amide bonds. The Hall–Kier alpha value is -2.98. The van der Waals surface area contributed by atoms with Gasteiger partial charge in [0.2, 0.25) is 5.91 Å². The van der Waals surface area contributed by atoms with Gasteiger partial charge in [-0.15, -0.1) is 0 Å². The van der Waals surface area contributed by atoms with Crippen molar-refractivity contribution in [3.05, 3.63) is 114 Å². The van der Waals surface area contributed by atoms with Gasteiger partial charge in [0.1, 0.15) is 4.62 Å². The van der Waals surface area contributed by atoms with Crippen molar-refractivity contribution < 1.29 is 4.79 Å². The van der Waals surface area contributed by atoms with Gasteiger partial charge in [-0.05, 0) is 45.1 Å². The summed E-state index contributed by atoms with van der Waals surface area (Å²) in [5.41, 5.74) is 5.84. The fourth-order valence-corrected chi connectivity index (χ4v) is 4.03. The highest BCUT2D eigenvalue weighted by molar-refractivity contribution is 9.18. The van der Waals surface area contributed by atoms with E-state index >= 15 is 0 Å². The summed E-state index contributed by atoms with van der Waals surface area (Å²) in [6, 6.07) is 30.4. The molecule has 0 aromatic heterocycles. The summed E-state index contributed by atoms with van der Waals surface area (Å²) in [6.45, 7) is 0. The Morgan fingerprint density at radius 2 is 1.41 bits per heavy atom. The van der Waals surface area contributed by atoms with Gasteiger partial charge in [-0.3, -0.25) is 4.79 Å². The second-order valence-corrected chi connectivity index (χ2v) is 7.93. The van der Waals surface area contributed by atoms with Gasteiger partial charge in [-0.2, -0.15) is 5.10 Å². The SMILES string of the molecule is O=C(NN=C(Br)/C=C/c1ccccc1)[C@H]1CC1(c1ccccc1)c1ccccc1. The van der Waals surface area contributed by atoms with E-state index in [1.165, 1.54) is 11.1 Å². The first-order chi connectivity index (χ1) is 14.2. The van der Waals surface area contributed by atoms with Crippen molar-refractivity contribution in [3.63, 3.8) is 0 Å². The van der Waals surface area contributed by atoms with Crippen LogP contribution < -0.4 is 5.43 Å². The molecule has 29 heavy (non-hydrogen) atoms. The molecule has 0 heterocycles. The summed E-state index contributed by atoms with van der Waals surface area (Å²) >= 11 is 3.40. The Kier molecular flexibility index (Phi) is 5.72. The number of hydrogen-bond acceptors (Lipinski definition) is 2. The predicted molar refractivity (Wildman–Crippen MR) is 122 cm³/mol. The summed E-state index contributed by atoms with van der Waals surface area (Å²) in [5, 5.41) is 4.20. The number of hydrazone groups is 1. The van der Waals surface area contributed by atoms with Crippen molar-refractivity contribution in [2.24, 2.45) is 11.0 Å². The first-order valence-corrected chi connectivity index (χ1v) is 10.4. The highest BCUT2D eigenvalue weighted by Crippen LogP contribution is 2.58. The van der Waals surface area contributed by atoms with Gasteiger partial charge >= 0.3 is 0 Å². The molecular weight excluding hydrogens is 424 g/mol. The lowest BCUT2D eigenvalue weighted by molar-refractivity contribution is -0.122. The number of allylic oxidation sites excluding steroid dienone is 1. The molecule has 3 aromatic rings. The number of carbonyl (C=O) groups excluding carboxylic acids is 1. The first kappa shape index (κ1) is 19.3. The average molecular weight is 445 g/mol. The summed E-state index contributed by atoms with van der Waals surface area (Å²) in [7, 11) is 0. The molecule has 3 nitrogen and oxygen atoms in total. The number of nitrogens with zero attached hydrogens (tertiary/aromatic N) is 1. The molecule has 1 saturated carbocycles. The molecule has 4 rings (SSSR count). The van der Waals surface area contributed by atoms with Gasteiger partial charge < -0.3 is 0 Å². The van der Waals surface area contributed by atoms with E-state index in [2.05, 4.69) is 50.7 Å². The Balaban J connectivity index is 1.49. The molecule has 1 atom stereocenters. The second-order valence-electron chi connectivity index (χ2n) is 7.11. The lowest BCUT2D eigenvalue weighted by Gasteiger charge is -2.18. The van der Waals surface area contributed by atoms with Crippen LogP contribution in [0, 0.1) is 5.92 Å². The van der Waals surface area contributed by atoms with Crippen molar-refractivity contribution in [3.8, 4) is 0 Å². The van der Waals surface area contributed by atoms with E-state index in [4.69, 9.17) is 0 Å². The zero-order chi connectivity index (χ0) is 20.1. The van der Waals surface area contributed by atoms with Crippen molar-refractivity contribution >= 4 is 32.5 Å². The number of hydrogen-bond donors (Lipinski definition) is 1. The van der Waals surface area contributed by atoms with E-state index in [9.17, 15) is 4.79 Å². The maximum Gasteiger partial charge on any atom is 0.244 e.